The Bertz CT molecular complexity index is 456. The number of hydrogen-bond donors (Lipinski definition) is 2. The molecule has 2 rings (SSSR count). The van der Waals surface area contributed by atoms with Crippen LogP contribution in [-0.2, 0) is 16.6 Å². The smallest absolute Gasteiger partial charge is 0.268 e. The van der Waals surface area contributed by atoms with E-state index in [9.17, 15) is 8.42 Å². The Morgan fingerprint density at radius 1 is 1.50 bits per heavy atom. The summed E-state index contributed by atoms with van der Waals surface area (Å²) in [6.45, 7) is 0.370. The van der Waals surface area contributed by atoms with Crippen molar-refractivity contribution in [3.8, 4) is 5.75 Å². The van der Waals surface area contributed by atoms with Crippen LogP contribution in [0.15, 0.2) is 18.2 Å². The lowest BCUT2D eigenvalue weighted by Gasteiger charge is -2.19. The van der Waals surface area contributed by atoms with E-state index in [1.165, 1.54) is 0 Å². The summed E-state index contributed by atoms with van der Waals surface area (Å²) in [5, 5.41) is 0. The molecule has 0 spiro atoms. The molecule has 6 heteroatoms. The van der Waals surface area contributed by atoms with Gasteiger partial charge in [0.2, 0.25) is 5.94 Å². The zero-order valence-corrected chi connectivity index (χ0v) is 8.17. The van der Waals surface area contributed by atoms with Crippen molar-refractivity contribution in [1.82, 2.24) is 0 Å². The highest BCUT2D eigenvalue weighted by Crippen LogP contribution is 2.30. The zero-order chi connectivity index (χ0) is 10.2. The summed E-state index contributed by atoms with van der Waals surface area (Å²) in [7, 11) is -3.33. The topological polar surface area (TPSA) is 81.4 Å². The van der Waals surface area contributed by atoms with Crippen molar-refractivity contribution in [3.63, 3.8) is 0 Å². The number of hydrogen-bond acceptors (Lipinski definition) is 4. The summed E-state index contributed by atoms with van der Waals surface area (Å²) in [6.07, 6.45) is 0. The minimum Gasteiger partial charge on any atom is -0.474 e. The molecule has 0 aromatic heterocycles. The Morgan fingerprint density at radius 2 is 2.29 bits per heavy atom. The van der Waals surface area contributed by atoms with Crippen molar-refractivity contribution in [2.24, 2.45) is 5.73 Å². The van der Waals surface area contributed by atoms with Crippen LogP contribution >= 0.6 is 0 Å². The summed E-state index contributed by atoms with van der Waals surface area (Å²) in [4.78, 5) is 0. The highest BCUT2D eigenvalue weighted by Gasteiger charge is 2.20. The summed E-state index contributed by atoms with van der Waals surface area (Å²) >= 11 is 0. The zero-order valence-electron chi connectivity index (χ0n) is 7.36. The predicted octanol–water partition coefficient (Wildman–Crippen LogP) is 0.237. The van der Waals surface area contributed by atoms with Crippen LogP contribution in [0.4, 0.5) is 5.69 Å². The number of anilines is 1. The molecule has 1 aliphatic heterocycles. The third kappa shape index (κ3) is 1.66. The van der Waals surface area contributed by atoms with Crippen molar-refractivity contribution in [2.75, 3.05) is 10.7 Å². The summed E-state index contributed by atoms with van der Waals surface area (Å²) in [6, 6.07) is 5.18. The van der Waals surface area contributed by atoms with E-state index >= 15 is 0 Å². The van der Waals surface area contributed by atoms with E-state index in [2.05, 4.69) is 4.72 Å². The van der Waals surface area contributed by atoms with Crippen molar-refractivity contribution in [1.29, 1.82) is 0 Å². The van der Waals surface area contributed by atoms with E-state index < -0.39 is 10.0 Å². The standard InChI is InChI=1S/C8H10N2O3S/c9-4-6-1-2-8-7(3-6)10-14(11,12)5-13-8/h1-3,10H,4-5,9H2. The maximum Gasteiger partial charge on any atom is 0.268 e. The maximum atomic E-state index is 11.1. The fraction of sp³-hybridized carbons (Fsp3) is 0.250. The molecule has 1 aliphatic rings. The number of benzene rings is 1. The van der Waals surface area contributed by atoms with Gasteiger partial charge in [-0.05, 0) is 17.7 Å². The molecule has 0 bridgehead atoms. The number of nitrogens with two attached hydrogens (primary N) is 1. The Morgan fingerprint density at radius 3 is 3.00 bits per heavy atom. The first kappa shape index (κ1) is 9.29. The van der Waals surface area contributed by atoms with E-state index in [4.69, 9.17) is 10.5 Å². The van der Waals surface area contributed by atoms with Crippen LogP contribution in [-0.4, -0.2) is 14.4 Å². The third-order valence-corrected chi connectivity index (χ3v) is 2.87. The molecule has 0 atom stereocenters. The summed E-state index contributed by atoms with van der Waals surface area (Å²) in [5.41, 5.74) is 6.75. The molecule has 0 aliphatic carbocycles. The molecule has 5 nitrogen and oxygen atoms in total. The molecule has 1 aromatic carbocycles. The van der Waals surface area contributed by atoms with Crippen LogP contribution in [0.3, 0.4) is 0 Å². The van der Waals surface area contributed by atoms with Crippen molar-refractivity contribution in [3.05, 3.63) is 23.8 Å². The Hall–Kier alpha value is -1.27. The largest absolute Gasteiger partial charge is 0.474 e. The number of nitrogens with one attached hydrogen (secondary N) is 1. The number of rotatable bonds is 1. The summed E-state index contributed by atoms with van der Waals surface area (Å²) in [5.74, 6) is 0.208. The van der Waals surface area contributed by atoms with E-state index in [1.54, 1.807) is 18.2 Å². The fourth-order valence-corrected chi connectivity index (χ4v) is 2.08. The molecule has 0 saturated heterocycles. The normalized spacial score (nSPS) is 17.8. The van der Waals surface area contributed by atoms with Crippen molar-refractivity contribution < 1.29 is 13.2 Å². The molecule has 1 heterocycles. The van der Waals surface area contributed by atoms with Crippen molar-refractivity contribution >= 4 is 15.7 Å². The van der Waals surface area contributed by atoms with Gasteiger partial charge in [0.1, 0.15) is 5.75 Å². The van der Waals surface area contributed by atoms with Crippen LogP contribution in [0, 0.1) is 0 Å². The lowest BCUT2D eigenvalue weighted by Crippen LogP contribution is -2.25. The lowest BCUT2D eigenvalue weighted by molar-refractivity contribution is 0.374. The Balaban J connectivity index is 2.44. The quantitative estimate of drug-likeness (QED) is 0.701. The number of ether oxygens (including phenoxy) is 1. The van der Waals surface area contributed by atoms with Gasteiger partial charge in [0.25, 0.3) is 10.0 Å². The first-order valence-electron chi connectivity index (χ1n) is 4.07. The number of sulfonamides is 1. The molecule has 0 amide bonds. The molecular formula is C8H10N2O3S. The van der Waals surface area contributed by atoms with Gasteiger partial charge in [0.15, 0.2) is 0 Å². The molecular weight excluding hydrogens is 204 g/mol. The minimum absolute atomic E-state index is 0.331. The van der Waals surface area contributed by atoms with Gasteiger partial charge >= 0.3 is 0 Å². The Labute approximate surface area is 81.9 Å². The van der Waals surface area contributed by atoms with E-state index in [1.807, 2.05) is 0 Å². The monoisotopic (exact) mass is 214 g/mol. The highest BCUT2D eigenvalue weighted by molar-refractivity contribution is 7.92. The summed E-state index contributed by atoms with van der Waals surface area (Å²) < 4.78 is 29.7. The lowest BCUT2D eigenvalue weighted by atomic mass is 10.2. The fourth-order valence-electron chi connectivity index (χ4n) is 1.25. The minimum atomic E-state index is -3.33. The van der Waals surface area contributed by atoms with E-state index in [0.717, 1.165) is 5.56 Å². The SMILES string of the molecule is NCc1ccc2c(c1)NS(=O)(=O)CO2. The molecule has 0 unspecified atom stereocenters. The molecule has 0 fully saturated rings. The Kier molecular flexibility index (Phi) is 2.09. The van der Waals surface area contributed by atoms with Gasteiger partial charge in [-0.1, -0.05) is 6.07 Å². The molecule has 3 N–H and O–H groups in total. The predicted molar refractivity (Wildman–Crippen MR) is 52.4 cm³/mol. The van der Waals surface area contributed by atoms with Gasteiger partial charge in [0, 0.05) is 6.54 Å². The maximum absolute atomic E-state index is 11.1. The second kappa shape index (κ2) is 3.14. The van der Waals surface area contributed by atoms with E-state index in [0.29, 0.717) is 18.0 Å². The van der Waals surface area contributed by atoms with Crippen LogP contribution in [0.2, 0.25) is 0 Å². The van der Waals surface area contributed by atoms with Gasteiger partial charge in [-0.15, -0.1) is 0 Å². The van der Waals surface area contributed by atoms with Gasteiger partial charge < -0.3 is 10.5 Å². The van der Waals surface area contributed by atoms with Crippen LogP contribution in [0.5, 0.6) is 5.75 Å². The third-order valence-electron chi connectivity index (χ3n) is 1.91. The van der Waals surface area contributed by atoms with E-state index in [-0.39, 0.29) is 5.94 Å². The van der Waals surface area contributed by atoms with Crippen LogP contribution in [0.25, 0.3) is 0 Å². The van der Waals surface area contributed by atoms with Gasteiger partial charge in [-0.25, -0.2) is 8.42 Å². The average Bonchev–Trinajstić information content (AvgIpc) is 2.15. The molecule has 14 heavy (non-hydrogen) atoms. The van der Waals surface area contributed by atoms with Crippen LogP contribution < -0.4 is 15.2 Å². The highest BCUT2D eigenvalue weighted by atomic mass is 32.2. The average molecular weight is 214 g/mol. The van der Waals surface area contributed by atoms with Crippen molar-refractivity contribution in [2.45, 2.75) is 6.54 Å². The first-order valence-corrected chi connectivity index (χ1v) is 5.72. The molecule has 0 saturated carbocycles. The number of fused-ring (bicyclic) bond motifs is 1. The van der Waals surface area contributed by atoms with Gasteiger partial charge in [-0.2, -0.15) is 0 Å². The molecule has 0 radical (unpaired) electrons. The van der Waals surface area contributed by atoms with Crippen LogP contribution in [0.1, 0.15) is 5.56 Å². The second-order valence-electron chi connectivity index (χ2n) is 3.01. The molecule has 1 aromatic rings. The van der Waals surface area contributed by atoms with Gasteiger partial charge in [0.05, 0.1) is 5.69 Å². The first-order chi connectivity index (χ1) is 6.61. The molecule has 76 valence electrons. The second-order valence-corrected chi connectivity index (χ2v) is 4.68. The van der Waals surface area contributed by atoms with Gasteiger partial charge in [-0.3, -0.25) is 4.72 Å².